The Morgan fingerprint density at radius 2 is 1.71 bits per heavy atom. The van der Waals surface area contributed by atoms with Gasteiger partial charge in [-0.05, 0) is 46.1 Å². The minimum atomic E-state index is 0.541. The van der Waals surface area contributed by atoms with E-state index in [-0.39, 0.29) is 0 Å². The molecule has 0 N–H and O–H groups in total. The Balaban J connectivity index is 1.89. The highest BCUT2D eigenvalue weighted by Crippen LogP contribution is 2.39. The Morgan fingerprint density at radius 3 is 2.46 bits per heavy atom. The number of hydrogen-bond acceptors (Lipinski definition) is 1. The minimum Gasteiger partial charge on any atom is -0.232 e. The first kappa shape index (κ1) is 15.1. The van der Waals surface area contributed by atoms with Crippen molar-refractivity contribution in [2.75, 3.05) is 0 Å². The van der Waals surface area contributed by atoms with Crippen LogP contribution in [0.1, 0.15) is 42.1 Å². The molecule has 3 aromatic rings. The van der Waals surface area contributed by atoms with Crippen molar-refractivity contribution in [3.8, 4) is 22.5 Å². The zero-order valence-corrected chi connectivity index (χ0v) is 14.8. The van der Waals surface area contributed by atoms with Crippen molar-refractivity contribution in [1.82, 2.24) is 4.98 Å². The van der Waals surface area contributed by atoms with Gasteiger partial charge in [-0.25, -0.2) is 4.57 Å². The molecule has 0 unspecified atom stereocenters. The third kappa shape index (κ3) is 2.25. The number of nitrogens with zero attached hydrogens (tertiary/aromatic N) is 2. The van der Waals surface area contributed by atoms with Crippen LogP contribution in [0.4, 0.5) is 0 Å². The van der Waals surface area contributed by atoms with Gasteiger partial charge in [-0.2, -0.15) is 0 Å². The SMILES string of the molecule is Cc1ccccc1-c1nc2c(c[n+]1C)-c1cccc(C(C)C)c1C2. The van der Waals surface area contributed by atoms with Crippen molar-refractivity contribution in [3.63, 3.8) is 0 Å². The molecule has 2 nitrogen and oxygen atoms in total. The highest BCUT2D eigenvalue weighted by Gasteiger charge is 2.30. The standard InChI is InChI=1S/C22H23N2/c1-14(2)16-10-7-11-18-19(16)12-21-20(18)13-24(4)22(23-21)17-9-6-5-8-15(17)3/h5-11,13-14H,12H2,1-4H3/q+1. The zero-order valence-electron chi connectivity index (χ0n) is 14.8. The van der Waals surface area contributed by atoms with Crippen molar-refractivity contribution in [1.29, 1.82) is 0 Å². The second kappa shape index (κ2) is 5.55. The second-order valence-electron chi connectivity index (χ2n) is 7.06. The predicted molar refractivity (Wildman–Crippen MR) is 97.9 cm³/mol. The average Bonchev–Trinajstić information content (AvgIpc) is 2.92. The minimum absolute atomic E-state index is 0.541. The summed E-state index contributed by atoms with van der Waals surface area (Å²) >= 11 is 0. The summed E-state index contributed by atoms with van der Waals surface area (Å²) in [6, 6.07) is 15.2. The van der Waals surface area contributed by atoms with Crippen molar-refractivity contribution in [3.05, 3.63) is 71.0 Å². The highest BCUT2D eigenvalue weighted by atomic mass is 15.0. The van der Waals surface area contributed by atoms with E-state index in [4.69, 9.17) is 4.98 Å². The first-order valence-electron chi connectivity index (χ1n) is 8.64. The molecule has 0 bridgehead atoms. The summed E-state index contributed by atoms with van der Waals surface area (Å²) in [5.74, 6) is 1.59. The summed E-state index contributed by atoms with van der Waals surface area (Å²) in [4.78, 5) is 5.06. The number of aromatic nitrogens is 2. The zero-order chi connectivity index (χ0) is 16.8. The van der Waals surface area contributed by atoms with E-state index < -0.39 is 0 Å². The summed E-state index contributed by atoms with van der Waals surface area (Å²) < 4.78 is 2.16. The molecule has 0 spiro atoms. The molecule has 0 saturated heterocycles. The summed E-state index contributed by atoms with van der Waals surface area (Å²) in [6.07, 6.45) is 3.19. The Hall–Kier alpha value is -2.48. The van der Waals surface area contributed by atoms with Gasteiger partial charge >= 0.3 is 5.82 Å². The van der Waals surface area contributed by atoms with Crippen LogP contribution < -0.4 is 4.57 Å². The molecule has 4 rings (SSSR count). The van der Waals surface area contributed by atoms with Gasteiger partial charge in [-0.15, -0.1) is 0 Å². The highest BCUT2D eigenvalue weighted by molar-refractivity contribution is 5.76. The van der Waals surface area contributed by atoms with Gasteiger partial charge in [0.05, 0.1) is 18.2 Å². The molecule has 2 heteroatoms. The van der Waals surface area contributed by atoms with Gasteiger partial charge < -0.3 is 0 Å². The van der Waals surface area contributed by atoms with E-state index >= 15 is 0 Å². The summed E-state index contributed by atoms with van der Waals surface area (Å²) in [5, 5.41) is 0. The molecule has 1 heterocycles. The van der Waals surface area contributed by atoms with Crippen LogP contribution in [0.15, 0.2) is 48.7 Å². The van der Waals surface area contributed by atoms with E-state index in [0.29, 0.717) is 5.92 Å². The Morgan fingerprint density at radius 1 is 0.958 bits per heavy atom. The molecule has 0 fully saturated rings. The molecule has 1 aromatic heterocycles. The number of benzene rings is 2. The fraction of sp³-hybridized carbons (Fsp3) is 0.273. The van der Waals surface area contributed by atoms with Crippen LogP contribution in [0, 0.1) is 6.92 Å². The number of hydrogen-bond donors (Lipinski definition) is 0. The lowest BCUT2D eigenvalue weighted by molar-refractivity contribution is -0.662. The van der Waals surface area contributed by atoms with E-state index in [1.165, 1.54) is 39.1 Å². The van der Waals surface area contributed by atoms with Crippen molar-refractivity contribution in [2.45, 2.75) is 33.1 Å². The normalized spacial score (nSPS) is 12.4. The monoisotopic (exact) mass is 315 g/mol. The van der Waals surface area contributed by atoms with Crippen LogP contribution in [0.5, 0.6) is 0 Å². The van der Waals surface area contributed by atoms with E-state index in [2.05, 4.69) is 81.0 Å². The quantitative estimate of drug-likeness (QED) is 0.495. The van der Waals surface area contributed by atoms with Gasteiger partial charge in [0.15, 0.2) is 5.69 Å². The molecule has 0 saturated carbocycles. The molecule has 120 valence electrons. The molecule has 1 aliphatic carbocycles. The molecule has 0 radical (unpaired) electrons. The van der Waals surface area contributed by atoms with E-state index in [1.807, 2.05) is 0 Å². The molecule has 1 aliphatic rings. The van der Waals surface area contributed by atoms with Gasteiger partial charge in [-0.3, -0.25) is 0 Å². The molecule has 24 heavy (non-hydrogen) atoms. The van der Waals surface area contributed by atoms with Gasteiger partial charge in [-0.1, -0.05) is 50.2 Å². The topological polar surface area (TPSA) is 16.8 Å². The third-order valence-electron chi connectivity index (χ3n) is 5.06. The largest absolute Gasteiger partial charge is 0.330 e. The van der Waals surface area contributed by atoms with Gasteiger partial charge in [0.2, 0.25) is 0 Å². The van der Waals surface area contributed by atoms with Crippen LogP contribution in [0.2, 0.25) is 0 Å². The van der Waals surface area contributed by atoms with Crippen LogP contribution in [-0.2, 0) is 13.5 Å². The van der Waals surface area contributed by atoms with Crippen molar-refractivity contribution >= 4 is 0 Å². The summed E-state index contributed by atoms with van der Waals surface area (Å²) in [7, 11) is 2.10. The van der Waals surface area contributed by atoms with Gasteiger partial charge in [0, 0.05) is 6.42 Å². The maximum absolute atomic E-state index is 5.06. The fourth-order valence-corrected chi connectivity index (χ4v) is 3.79. The molecule has 0 amide bonds. The van der Waals surface area contributed by atoms with Gasteiger partial charge in [0.25, 0.3) is 0 Å². The first-order chi connectivity index (χ1) is 11.6. The molecular formula is C22H23N2+. The fourth-order valence-electron chi connectivity index (χ4n) is 3.79. The maximum Gasteiger partial charge on any atom is 0.330 e. The van der Waals surface area contributed by atoms with Crippen LogP contribution in [0.25, 0.3) is 22.5 Å². The van der Waals surface area contributed by atoms with Crippen molar-refractivity contribution in [2.24, 2.45) is 7.05 Å². The number of rotatable bonds is 2. The number of fused-ring (bicyclic) bond motifs is 3. The summed E-state index contributed by atoms with van der Waals surface area (Å²) in [6.45, 7) is 6.69. The molecule has 0 atom stereocenters. The predicted octanol–water partition coefficient (Wildman–Crippen LogP) is 4.58. The average molecular weight is 315 g/mol. The van der Waals surface area contributed by atoms with E-state index in [0.717, 1.165) is 12.2 Å². The Kier molecular flexibility index (Phi) is 3.49. The maximum atomic E-state index is 5.06. The second-order valence-corrected chi connectivity index (χ2v) is 7.06. The lowest BCUT2D eigenvalue weighted by Crippen LogP contribution is -2.32. The molecular weight excluding hydrogens is 292 g/mol. The molecule has 2 aromatic carbocycles. The number of aryl methyl sites for hydroxylation is 2. The van der Waals surface area contributed by atoms with Crippen LogP contribution in [-0.4, -0.2) is 4.98 Å². The third-order valence-corrected chi connectivity index (χ3v) is 5.06. The first-order valence-corrected chi connectivity index (χ1v) is 8.64. The molecule has 0 aliphatic heterocycles. The van der Waals surface area contributed by atoms with Crippen molar-refractivity contribution < 1.29 is 4.57 Å². The van der Waals surface area contributed by atoms with E-state index in [9.17, 15) is 0 Å². The van der Waals surface area contributed by atoms with Crippen LogP contribution >= 0.6 is 0 Å². The van der Waals surface area contributed by atoms with E-state index in [1.54, 1.807) is 0 Å². The lowest BCUT2D eigenvalue weighted by Gasteiger charge is -2.10. The van der Waals surface area contributed by atoms with Gasteiger partial charge in [0.1, 0.15) is 6.20 Å². The lowest BCUT2D eigenvalue weighted by atomic mass is 9.94. The Bertz CT molecular complexity index is 939. The Labute approximate surface area is 143 Å². The smallest absolute Gasteiger partial charge is 0.232 e. The summed E-state index contributed by atoms with van der Waals surface area (Å²) in [5.41, 5.74) is 9.22. The van der Waals surface area contributed by atoms with Crippen LogP contribution in [0.3, 0.4) is 0 Å².